The highest BCUT2D eigenvalue weighted by Crippen LogP contribution is 2.14. The van der Waals surface area contributed by atoms with Crippen LogP contribution < -0.4 is 5.63 Å². The Morgan fingerprint density at radius 2 is 2.14 bits per heavy atom. The van der Waals surface area contributed by atoms with Crippen LogP contribution in [0.4, 0.5) is 0 Å². The van der Waals surface area contributed by atoms with Gasteiger partial charge in [0.1, 0.15) is 5.58 Å². The van der Waals surface area contributed by atoms with Gasteiger partial charge < -0.3 is 9.62 Å². The van der Waals surface area contributed by atoms with Gasteiger partial charge in [-0.25, -0.2) is 4.79 Å². The number of hydrogen-bond acceptors (Lipinski definition) is 4. The number of nitrogens with zero attached hydrogens (tertiary/aromatic N) is 1. The molecule has 4 heteroatoms. The number of fused-ring (bicyclic) bond motifs is 1. The highest BCUT2D eigenvalue weighted by Gasteiger charge is 2.01. The highest BCUT2D eigenvalue weighted by atomic mass is 16.4. The van der Waals surface area contributed by atoms with Gasteiger partial charge in [0.2, 0.25) is 0 Å². The summed E-state index contributed by atoms with van der Waals surface area (Å²) in [6.07, 6.45) is 1.21. The summed E-state index contributed by atoms with van der Waals surface area (Å²) in [6, 6.07) is 8.34. The van der Waals surface area contributed by atoms with Gasteiger partial charge >= 0.3 is 5.63 Å². The quantitative estimate of drug-likeness (QED) is 0.321. The van der Waals surface area contributed by atoms with E-state index in [1.807, 2.05) is 6.07 Å². The van der Waals surface area contributed by atoms with Gasteiger partial charge in [-0.15, -0.1) is 0 Å². The number of benzene rings is 1. The minimum Gasteiger partial charge on any atom is -0.423 e. The summed E-state index contributed by atoms with van der Waals surface area (Å²) in [5.74, 6) is 0. The smallest absolute Gasteiger partial charge is 0.336 e. The van der Waals surface area contributed by atoms with E-state index >= 15 is 0 Å². The molecule has 70 valence electrons. The molecule has 0 saturated heterocycles. The zero-order valence-corrected chi connectivity index (χ0v) is 7.18. The van der Waals surface area contributed by atoms with Crippen molar-refractivity contribution in [2.75, 3.05) is 0 Å². The van der Waals surface area contributed by atoms with Crippen LogP contribution >= 0.6 is 0 Å². The van der Waals surface area contributed by atoms with Crippen molar-refractivity contribution >= 4 is 17.2 Å². The van der Waals surface area contributed by atoms with Crippen molar-refractivity contribution in [3.63, 3.8) is 0 Å². The van der Waals surface area contributed by atoms with Crippen LogP contribution in [0.1, 0.15) is 5.56 Å². The Morgan fingerprint density at radius 1 is 1.36 bits per heavy atom. The van der Waals surface area contributed by atoms with Gasteiger partial charge in [-0.1, -0.05) is 23.4 Å². The number of hydrogen-bond donors (Lipinski definition) is 1. The molecule has 0 bridgehead atoms. The van der Waals surface area contributed by atoms with Crippen molar-refractivity contribution < 1.29 is 9.62 Å². The van der Waals surface area contributed by atoms with Gasteiger partial charge in [0.05, 0.1) is 6.21 Å². The standard InChI is InChI=1S/C10H7NO3/c12-10-5-7(6-11-13)8-3-1-2-4-9(8)14-10/h1-6,13H/b11-6+. The molecular formula is C10H7NO3. The molecule has 0 unspecified atom stereocenters. The molecule has 0 radical (unpaired) electrons. The Morgan fingerprint density at radius 3 is 2.93 bits per heavy atom. The van der Waals surface area contributed by atoms with E-state index < -0.39 is 5.63 Å². The molecule has 4 nitrogen and oxygen atoms in total. The summed E-state index contributed by atoms with van der Waals surface area (Å²) >= 11 is 0. The van der Waals surface area contributed by atoms with Crippen LogP contribution in [0.25, 0.3) is 11.0 Å². The first-order chi connectivity index (χ1) is 6.81. The summed E-state index contributed by atoms with van der Waals surface area (Å²) in [4.78, 5) is 11.1. The fourth-order valence-electron chi connectivity index (χ4n) is 1.31. The fourth-order valence-corrected chi connectivity index (χ4v) is 1.31. The second-order valence-electron chi connectivity index (χ2n) is 2.76. The van der Waals surface area contributed by atoms with Crippen LogP contribution in [0, 0.1) is 0 Å². The second-order valence-corrected chi connectivity index (χ2v) is 2.76. The number of oxime groups is 1. The molecule has 1 N–H and O–H groups in total. The van der Waals surface area contributed by atoms with Crippen LogP contribution in [0.2, 0.25) is 0 Å². The first kappa shape index (κ1) is 8.50. The normalized spacial score (nSPS) is 11.1. The zero-order valence-electron chi connectivity index (χ0n) is 7.18. The Hall–Kier alpha value is -2.10. The molecule has 1 heterocycles. The third-order valence-corrected chi connectivity index (χ3v) is 1.88. The van der Waals surface area contributed by atoms with Gasteiger partial charge in [0.25, 0.3) is 0 Å². The van der Waals surface area contributed by atoms with Crippen LogP contribution in [-0.4, -0.2) is 11.4 Å². The molecule has 2 aromatic rings. The fraction of sp³-hybridized carbons (Fsp3) is 0. The molecule has 14 heavy (non-hydrogen) atoms. The van der Waals surface area contributed by atoms with Crippen LogP contribution in [-0.2, 0) is 0 Å². The van der Waals surface area contributed by atoms with Crippen LogP contribution in [0.15, 0.2) is 44.7 Å². The maximum absolute atomic E-state index is 11.1. The van der Waals surface area contributed by atoms with Crippen molar-refractivity contribution in [1.29, 1.82) is 0 Å². The zero-order chi connectivity index (χ0) is 9.97. The molecular weight excluding hydrogens is 182 g/mol. The van der Waals surface area contributed by atoms with Crippen molar-refractivity contribution in [2.24, 2.45) is 5.16 Å². The van der Waals surface area contributed by atoms with Gasteiger partial charge in [0.15, 0.2) is 0 Å². The van der Waals surface area contributed by atoms with Crippen molar-refractivity contribution in [1.82, 2.24) is 0 Å². The molecule has 0 aliphatic rings. The molecule has 0 fully saturated rings. The lowest BCUT2D eigenvalue weighted by molar-refractivity contribution is 0.322. The van der Waals surface area contributed by atoms with E-state index in [4.69, 9.17) is 9.62 Å². The molecule has 0 amide bonds. The first-order valence-corrected chi connectivity index (χ1v) is 4.01. The van der Waals surface area contributed by atoms with E-state index in [9.17, 15) is 4.79 Å². The first-order valence-electron chi connectivity index (χ1n) is 4.01. The molecule has 0 saturated carbocycles. The predicted molar refractivity (Wildman–Crippen MR) is 51.9 cm³/mol. The highest BCUT2D eigenvalue weighted by molar-refractivity contribution is 5.96. The topological polar surface area (TPSA) is 62.8 Å². The average Bonchev–Trinajstić information content (AvgIpc) is 2.18. The van der Waals surface area contributed by atoms with E-state index in [0.717, 1.165) is 5.39 Å². The van der Waals surface area contributed by atoms with E-state index in [2.05, 4.69) is 5.16 Å². The summed E-state index contributed by atoms with van der Waals surface area (Å²) < 4.78 is 4.95. The van der Waals surface area contributed by atoms with Gasteiger partial charge in [-0.05, 0) is 6.07 Å². The summed E-state index contributed by atoms with van der Waals surface area (Å²) in [5.41, 5.74) is 0.563. The molecule has 1 aromatic carbocycles. The minimum absolute atomic E-state index is 0.460. The Labute approximate surface area is 79.1 Å². The third-order valence-electron chi connectivity index (χ3n) is 1.88. The second kappa shape index (κ2) is 3.33. The van der Waals surface area contributed by atoms with Crippen molar-refractivity contribution in [2.45, 2.75) is 0 Å². The molecule has 0 aliphatic carbocycles. The maximum Gasteiger partial charge on any atom is 0.336 e. The lowest BCUT2D eigenvalue weighted by Gasteiger charge is -1.97. The average molecular weight is 189 g/mol. The van der Waals surface area contributed by atoms with Crippen molar-refractivity contribution in [3.8, 4) is 0 Å². The minimum atomic E-state index is -0.460. The lowest BCUT2D eigenvalue weighted by atomic mass is 10.1. The molecule has 0 aliphatic heterocycles. The Kier molecular flexibility index (Phi) is 2.02. The molecule has 2 rings (SSSR count). The summed E-state index contributed by atoms with van der Waals surface area (Å²) in [7, 11) is 0. The SMILES string of the molecule is O=c1cc(/C=N/O)c2ccccc2o1. The van der Waals surface area contributed by atoms with E-state index in [0.29, 0.717) is 11.1 Å². The molecule has 0 spiro atoms. The number of para-hydroxylation sites is 1. The summed E-state index contributed by atoms with van der Waals surface area (Å²) in [5, 5.41) is 12.0. The molecule has 0 atom stereocenters. The van der Waals surface area contributed by atoms with Crippen molar-refractivity contribution in [3.05, 3.63) is 46.3 Å². The van der Waals surface area contributed by atoms with Gasteiger partial charge in [0, 0.05) is 17.0 Å². The van der Waals surface area contributed by atoms with Crippen LogP contribution in [0.3, 0.4) is 0 Å². The van der Waals surface area contributed by atoms with Gasteiger partial charge in [-0.3, -0.25) is 0 Å². The lowest BCUT2D eigenvalue weighted by Crippen LogP contribution is -1.99. The molecule has 1 aromatic heterocycles. The largest absolute Gasteiger partial charge is 0.423 e. The number of rotatable bonds is 1. The van der Waals surface area contributed by atoms with Gasteiger partial charge in [-0.2, -0.15) is 0 Å². The maximum atomic E-state index is 11.1. The third kappa shape index (κ3) is 1.37. The van der Waals surface area contributed by atoms with E-state index in [-0.39, 0.29) is 0 Å². The van der Waals surface area contributed by atoms with E-state index in [1.165, 1.54) is 12.3 Å². The Balaban J connectivity index is 2.86. The summed E-state index contributed by atoms with van der Waals surface area (Å²) in [6.45, 7) is 0. The monoisotopic (exact) mass is 189 g/mol. The van der Waals surface area contributed by atoms with E-state index in [1.54, 1.807) is 18.2 Å². The van der Waals surface area contributed by atoms with Crippen LogP contribution in [0.5, 0.6) is 0 Å². The Bertz CT molecular complexity index is 542. The predicted octanol–water partition coefficient (Wildman–Crippen LogP) is 1.60.